The fraction of sp³-hybridized carbons (Fsp3) is 0.909. The van der Waals surface area contributed by atoms with Crippen LogP contribution in [0.15, 0.2) is 0 Å². The Hall–Kier alpha value is -0.620. The van der Waals surface area contributed by atoms with Crippen LogP contribution in [0.1, 0.15) is 19.8 Å². The van der Waals surface area contributed by atoms with Gasteiger partial charge in [0.25, 0.3) is 0 Å². The standard InChI is InChI=1S/C11H20N2O3S/c1-8-4-10(6-12-5-8)13-11(14)9-2-3-17(15,16)7-9/h8-10,12H,2-7H2,1H3,(H,13,14). The van der Waals surface area contributed by atoms with Gasteiger partial charge in [0, 0.05) is 12.6 Å². The van der Waals surface area contributed by atoms with Crippen molar-refractivity contribution < 1.29 is 13.2 Å². The highest BCUT2D eigenvalue weighted by Crippen LogP contribution is 2.19. The summed E-state index contributed by atoms with van der Waals surface area (Å²) in [5.41, 5.74) is 0. The molecule has 1 amide bonds. The molecule has 5 nitrogen and oxygen atoms in total. The number of sulfone groups is 1. The van der Waals surface area contributed by atoms with Crippen LogP contribution in [-0.2, 0) is 14.6 Å². The van der Waals surface area contributed by atoms with Gasteiger partial charge in [-0.05, 0) is 25.3 Å². The first-order valence-corrected chi connectivity index (χ1v) is 8.00. The number of nitrogens with one attached hydrogen (secondary N) is 2. The Bertz CT molecular complexity index is 394. The summed E-state index contributed by atoms with van der Waals surface area (Å²) in [4.78, 5) is 11.9. The smallest absolute Gasteiger partial charge is 0.224 e. The number of amides is 1. The Balaban J connectivity index is 1.85. The molecule has 0 spiro atoms. The van der Waals surface area contributed by atoms with E-state index in [1.807, 2.05) is 0 Å². The second-order valence-electron chi connectivity index (χ2n) is 5.30. The van der Waals surface area contributed by atoms with E-state index in [0.717, 1.165) is 19.5 Å². The van der Waals surface area contributed by atoms with Crippen molar-refractivity contribution in [2.24, 2.45) is 11.8 Å². The monoisotopic (exact) mass is 260 g/mol. The summed E-state index contributed by atoms with van der Waals surface area (Å²) in [6.45, 7) is 3.92. The quantitative estimate of drug-likeness (QED) is 0.704. The molecule has 0 aromatic rings. The summed E-state index contributed by atoms with van der Waals surface area (Å²) in [5, 5.41) is 6.23. The number of hydrogen-bond donors (Lipinski definition) is 2. The lowest BCUT2D eigenvalue weighted by atomic mass is 9.97. The highest BCUT2D eigenvalue weighted by Gasteiger charge is 2.34. The summed E-state index contributed by atoms with van der Waals surface area (Å²) >= 11 is 0. The Morgan fingerprint density at radius 1 is 1.35 bits per heavy atom. The first-order chi connectivity index (χ1) is 7.96. The summed E-state index contributed by atoms with van der Waals surface area (Å²) in [5.74, 6) is 0.310. The van der Waals surface area contributed by atoms with Gasteiger partial charge in [-0.2, -0.15) is 0 Å². The molecule has 0 aliphatic carbocycles. The van der Waals surface area contributed by atoms with Gasteiger partial charge in [-0.25, -0.2) is 8.42 Å². The van der Waals surface area contributed by atoms with E-state index in [-0.39, 0.29) is 29.4 Å². The average Bonchev–Trinajstić information content (AvgIpc) is 2.59. The number of rotatable bonds is 2. The molecule has 0 bridgehead atoms. The Morgan fingerprint density at radius 3 is 2.71 bits per heavy atom. The van der Waals surface area contributed by atoms with E-state index in [9.17, 15) is 13.2 Å². The van der Waals surface area contributed by atoms with Gasteiger partial charge in [-0.15, -0.1) is 0 Å². The molecular weight excluding hydrogens is 240 g/mol. The van der Waals surface area contributed by atoms with Crippen molar-refractivity contribution in [3.8, 4) is 0 Å². The summed E-state index contributed by atoms with van der Waals surface area (Å²) in [6.07, 6.45) is 1.45. The molecule has 2 N–H and O–H groups in total. The van der Waals surface area contributed by atoms with Crippen LogP contribution >= 0.6 is 0 Å². The Kier molecular flexibility index (Phi) is 3.73. The number of carbonyl (C=O) groups is 1. The molecular formula is C11H20N2O3S. The van der Waals surface area contributed by atoms with Crippen LogP contribution < -0.4 is 10.6 Å². The summed E-state index contributed by atoms with van der Waals surface area (Å²) in [7, 11) is -2.97. The molecule has 3 atom stereocenters. The molecule has 2 saturated heterocycles. The predicted octanol–water partition coefficient (Wildman–Crippen LogP) is -0.465. The second kappa shape index (κ2) is 4.94. The van der Waals surface area contributed by atoms with Crippen LogP contribution in [0.3, 0.4) is 0 Å². The third kappa shape index (κ3) is 3.42. The van der Waals surface area contributed by atoms with E-state index in [0.29, 0.717) is 12.3 Å². The van der Waals surface area contributed by atoms with Crippen molar-refractivity contribution in [1.82, 2.24) is 10.6 Å². The third-order valence-electron chi connectivity index (χ3n) is 3.52. The minimum absolute atomic E-state index is 0.0224. The molecule has 2 aliphatic heterocycles. The highest BCUT2D eigenvalue weighted by atomic mass is 32.2. The van der Waals surface area contributed by atoms with Gasteiger partial charge in [-0.3, -0.25) is 4.79 Å². The van der Waals surface area contributed by atoms with Crippen LogP contribution in [0.2, 0.25) is 0 Å². The fourth-order valence-electron chi connectivity index (χ4n) is 2.59. The first kappa shape index (κ1) is 12.8. The first-order valence-electron chi connectivity index (χ1n) is 6.18. The SMILES string of the molecule is CC1CNCC(NC(=O)C2CCS(=O)(=O)C2)C1. The van der Waals surface area contributed by atoms with Crippen molar-refractivity contribution in [2.75, 3.05) is 24.6 Å². The van der Waals surface area contributed by atoms with Crippen molar-refractivity contribution in [3.05, 3.63) is 0 Å². The lowest BCUT2D eigenvalue weighted by Crippen LogP contribution is -2.49. The molecule has 2 fully saturated rings. The maximum absolute atomic E-state index is 11.9. The molecule has 0 aromatic heterocycles. The zero-order valence-electron chi connectivity index (χ0n) is 10.1. The molecule has 0 aromatic carbocycles. The molecule has 6 heteroatoms. The second-order valence-corrected chi connectivity index (χ2v) is 7.53. The molecule has 17 heavy (non-hydrogen) atoms. The zero-order valence-corrected chi connectivity index (χ0v) is 10.9. The highest BCUT2D eigenvalue weighted by molar-refractivity contribution is 7.91. The van der Waals surface area contributed by atoms with Crippen LogP contribution in [0.4, 0.5) is 0 Å². The molecule has 2 heterocycles. The number of carbonyl (C=O) groups excluding carboxylic acids is 1. The zero-order chi connectivity index (χ0) is 12.5. The van der Waals surface area contributed by atoms with Crippen molar-refractivity contribution in [3.63, 3.8) is 0 Å². The Morgan fingerprint density at radius 2 is 2.12 bits per heavy atom. The summed E-state index contributed by atoms with van der Waals surface area (Å²) < 4.78 is 22.6. The van der Waals surface area contributed by atoms with E-state index in [4.69, 9.17) is 0 Å². The van der Waals surface area contributed by atoms with Crippen molar-refractivity contribution in [1.29, 1.82) is 0 Å². The Labute approximate surface area is 102 Å². The maximum Gasteiger partial charge on any atom is 0.224 e. The van der Waals surface area contributed by atoms with Crippen LogP contribution in [-0.4, -0.2) is 45.0 Å². The molecule has 0 saturated carbocycles. The van der Waals surface area contributed by atoms with E-state index < -0.39 is 9.84 Å². The maximum atomic E-state index is 11.9. The third-order valence-corrected chi connectivity index (χ3v) is 5.29. The van der Waals surface area contributed by atoms with E-state index in [1.165, 1.54) is 0 Å². The van der Waals surface area contributed by atoms with Gasteiger partial charge < -0.3 is 10.6 Å². The molecule has 2 rings (SSSR count). The van der Waals surface area contributed by atoms with Gasteiger partial charge in [0.2, 0.25) is 5.91 Å². The van der Waals surface area contributed by atoms with Gasteiger partial charge in [0.1, 0.15) is 0 Å². The molecule has 2 aliphatic rings. The molecule has 0 radical (unpaired) electrons. The van der Waals surface area contributed by atoms with Gasteiger partial charge >= 0.3 is 0 Å². The minimum Gasteiger partial charge on any atom is -0.352 e. The van der Waals surface area contributed by atoms with Crippen LogP contribution in [0, 0.1) is 11.8 Å². The van der Waals surface area contributed by atoms with Gasteiger partial charge in [-0.1, -0.05) is 6.92 Å². The van der Waals surface area contributed by atoms with Crippen LogP contribution in [0.25, 0.3) is 0 Å². The fourth-order valence-corrected chi connectivity index (χ4v) is 4.33. The number of piperidine rings is 1. The van der Waals surface area contributed by atoms with E-state index in [1.54, 1.807) is 0 Å². The van der Waals surface area contributed by atoms with E-state index in [2.05, 4.69) is 17.6 Å². The van der Waals surface area contributed by atoms with Crippen molar-refractivity contribution >= 4 is 15.7 Å². The topological polar surface area (TPSA) is 75.3 Å². The van der Waals surface area contributed by atoms with Gasteiger partial charge in [0.05, 0.1) is 17.4 Å². The summed E-state index contributed by atoms with van der Waals surface area (Å²) in [6, 6.07) is 0.148. The lowest BCUT2D eigenvalue weighted by molar-refractivity contribution is -0.125. The average molecular weight is 260 g/mol. The lowest BCUT2D eigenvalue weighted by Gasteiger charge is -2.29. The van der Waals surface area contributed by atoms with Crippen molar-refractivity contribution in [2.45, 2.75) is 25.8 Å². The normalized spacial score (nSPS) is 36.6. The van der Waals surface area contributed by atoms with Gasteiger partial charge in [0.15, 0.2) is 9.84 Å². The van der Waals surface area contributed by atoms with E-state index >= 15 is 0 Å². The predicted molar refractivity (Wildman–Crippen MR) is 65.3 cm³/mol. The molecule has 98 valence electrons. The van der Waals surface area contributed by atoms with Crippen LogP contribution in [0.5, 0.6) is 0 Å². The largest absolute Gasteiger partial charge is 0.352 e. The molecule has 3 unspecified atom stereocenters. The number of hydrogen-bond acceptors (Lipinski definition) is 4. The minimum atomic E-state index is -2.97.